The van der Waals surface area contributed by atoms with E-state index < -0.39 is 0 Å². The molecule has 1 aromatic carbocycles. The van der Waals surface area contributed by atoms with E-state index in [2.05, 4.69) is 29.1 Å². The maximum atomic E-state index is 5.44. The summed E-state index contributed by atoms with van der Waals surface area (Å²) in [6, 6.07) is 5.81. The van der Waals surface area contributed by atoms with Crippen molar-refractivity contribution in [3.05, 3.63) is 53.5 Å². The van der Waals surface area contributed by atoms with Crippen LogP contribution in [-0.2, 0) is 11.3 Å². The van der Waals surface area contributed by atoms with Gasteiger partial charge < -0.3 is 9.47 Å². The first kappa shape index (κ1) is 13.0. The third kappa shape index (κ3) is 4.21. The molecule has 1 rings (SSSR count). The molecule has 0 unspecified atom stereocenters. The summed E-state index contributed by atoms with van der Waals surface area (Å²) < 4.78 is 11.8. The van der Waals surface area contributed by atoms with Crippen molar-refractivity contribution in [3.8, 4) is 5.75 Å². The molecule has 0 radical (unpaired) electrons. The van der Waals surface area contributed by atoms with Crippen molar-refractivity contribution in [2.24, 2.45) is 0 Å². The van der Waals surface area contributed by atoms with Crippen molar-refractivity contribution < 1.29 is 9.47 Å². The quantitative estimate of drug-likeness (QED) is 0.561. The van der Waals surface area contributed by atoms with Crippen LogP contribution in [0.15, 0.2) is 48.0 Å². The number of halogens is 1. The summed E-state index contributed by atoms with van der Waals surface area (Å²) in [7, 11) is 0. The Morgan fingerprint density at radius 1 is 1.19 bits per heavy atom. The molecule has 0 aliphatic heterocycles. The summed E-state index contributed by atoms with van der Waals surface area (Å²) in [5.74, 6) is 0.820. The third-order valence-corrected chi connectivity index (χ3v) is 2.65. The van der Waals surface area contributed by atoms with Crippen molar-refractivity contribution in [2.45, 2.75) is 6.61 Å². The molecule has 0 amide bonds. The Morgan fingerprint density at radius 2 is 1.94 bits per heavy atom. The lowest BCUT2D eigenvalue weighted by molar-refractivity contribution is 0.148. The van der Waals surface area contributed by atoms with E-state index in [9.17, 15) is 0 Å². The van der Waals surface area contributed by atoms with Crippen LogP contribution in [0.3, 0.4) is 0 Å². The van der Waals surface area contributed by atoms with E-state index in [1.807, 2.05) is 18.2 Å². The van der Waals surface area contributed by atoms with Gasteiger partial charge in [0, 0.05) is 4.47 Å². The molecule has 0 N–H and O–H groups in total. The first-order chi connectivity index (χ1) is 7.77. The highest BCUT2D eigenvalue weighted by Gasteiger charge is 2.02. The van der Waals surface area contributed by atoms with Crippen LogP contribution in [-0.4, -0.2) is 13.2 Å². The molecule has 0 atom stereocenters. The Balaban J connectivity index is 2.65. The summed E-state index contributed by atoms with van der Waals surface area (Å²) >= 11 is 3.47. The molecule has 0 bridgehead atoms. The van der Waals surface area contributed by atoms with Crippen LogP contribution in [0, 0.1) is 0 Å². The largest absolute Gasteiger partial charge is 0.490 e. The standard InChI is InChI=1S/C13H15BrO2/c1-3-7-15-10-11-9-12(16-8-4-2)5-6-13(11)14/h3-6,9H,1-2,7-8,10H2. The zero-order valence-corrected chi connectivity index (χ0v) is 10.7. The predicted molar refractivity (Wildman–Crippen MR) is 69.7 cm³/mol. The molecule has 0 aliphatic carbocycles. The average Bonchev–Trinajstić information content (AvgIpc) is 2.30. The van der Waals surface area contributed by atoms with Crippen LogP contribution in [0.1, 0.15) is 5.56 Å². The van der Waals surface area contributed by atoms with Gasteiger partial charge in [-0.15, -0.1) is 6.58 Å². The molecule has 0 saturated heterocycles. The highest BCUT2D eigenvalue weighted by molar-refractivity contribution is 9.10. The fourth-order valence-electron chi connectivity index (χ4n) is 1.16. The minimum atomic E-state index is 0.509. The third-order valence-electron chi connectivity index (χ3n) is 1.88. The minimum Gasteiger partial charge on any atom is -0.490 e. The second-order valence-electron chi connectivity index (χ2n) is 3.16. The summed E-state index contributed by atoms with van der Waals surface area (Å²) in [5, 5.41) is 0. The Labute approximate surface area is 105 Å². The second-order valence-corrected chi connectivity index (χ2v) is 4.01. The van der Waals surface area contributed by atoms with Crippen LogP contribution in [0.2, 0.25) is 0 Å². The van der Waals surface area contributed by atoms with Gasteiger partial charge in [-0.1, -0.05) is 34.7 Å². The number of rotatable bonds is 7. The lowest BCUT2D eigenvalue weighted by atomic mass is 10.2. The molecule has 86 valence electrons. The monoisotopic (exact) mass is 282 g/mol. The van der Waals surface area contributed by atoms with Gasteiger partial charge in [0.15, 0.2) is 0 Å². The summed E-state index contributed by atoms with van der Waals surface area (Å²) in [6.07, 6.45) is 3.45. The van der Waals surface area contributed by atoms with E-state index in [1.165, 1.54) is 0 Å². The molecule has 3 heteroatoms. The van der Waals surface area contributed by atoms with Crippen molar-refractivity contribution in [1.29, 1.82) is 0 Å². The van der Waals surface area contributed by atoms with Gasteiger partial charge in [0.2, 0.25) is 0 Å². The van der Waals surface area contributed by atoms with E-state index in [-0.39, 0.29) is 0 Å². The van der Waals surface area contributed by atoms with E-state index >= 15 is 0 Å². The molecule has 0 aliphatic rings. The maximum absolute atomic E-state index is 5.44. The number of ether oxygens (including phenoxy) is 2. The van der Waals surface area contributed by atoms with E-state index in [1.54, 1.807) is 12.2 Å². The first-order valence-corrected chi connectivity index (χ1v) is 5.78. The van der Waals surface area contributed by atoms with Gasteiger partial charge in [-0.25, -0.2) is 0 Å². The van der Waals surface area contributed by atoms with Crippen molar-refractivity contribution >= 4 is 15.9 Å². The first-order valence-electron chi connectivity index (χ1n) is 4.98. The maximum Gasteiger partial charge on any atom is 0.120 e. The molecular weight excluding hydrogens is 268 g/mol. The minimum absolute atomic E-state index is 0.509. The van der Waals surface area contributed by atoms with Crippen LogP contribution in [0.25, 0.3) is 0 Å². The Morgan fingerprint density at radius 3 is 2.62 bits per heavy atom. The fourth-order valence-corrected chi connectivity index (χ4v) is 1.52. The Hall–Kier alpha value is -1.06. The summed E-state index contributed by atoms with van der Waals surface area (Å²) in [6.45, 7) is 8.80. The van der Waals surface area contributed by atoms with Gasteiger partial charge in [0.25, 0.3) is 0 Å². The average molecular weight is 283 g/mol. The van der Waals surface area contributed by atoms with Crippen LogP contribution in [0.5, 0.6) is 5.75 Å². The topological polar surface area (TPSA) is 18.5 Å². The van der Waals surface area contributed by atoms with Gasteiger partial charge >= 0.3 is 0 Å². The van der Waals surface area contributed by atoms with Crippen LogP contribution in [0.4, 0.5) is 0 Å². The van der Waals surface area contributed by atoms with Crippen molar-refractivity contribution in [2.75, 3.05) is 13.2 Å². The molecule has 16 heavy (non-hydrogen) atoms. The van der Waals surface area contributed by atoms with Crippen molar-refractivity contribution in [1.82, 2.24) is 0 Å². The molecule has 0 heterocycles. The summed E-state index contributed by atoms with van der Waals surface area (Å²) in [5.41, 5.74) is 1.06. The van der Waals surface area contributed by atoms with Gasteiger partial charge in [-0.2, -0.15) is 0 Å². The van der Waals surface area contributed by atoms with Gasteiger partial charge in [-0.3, -0.25) is 0 Å². The fraction of sp³-hybridized carbons (Fsp3) is 0.231. The van der Waals surface area contributed by atoms with E-state index in [0.717, 1.165) is 15.8 Å². The van der Waals surface area contributed by atoms with Gasteiger partial charge in [-0.05, 0) is 23.8 Å². The second kappa shape index (κ2) is 7.25. The smallest absolute Gasteiger partial charge is 0.120 e. The molecule has 0 aromatic heterocycles. The molecule has 0 fully saturated rings. The molecule has 0 saturated carbocycles. The zero-order valence-electron chi connectivity index (χ0n) is 9.12. The predicted octanol–water partition coefficient (Wildman–Crippen LogP) is 3.72. The molecular formula is C13H15BrO2. The number of hydrogen-bond acceptors (Lipinski definition) is 2. The van der Waals surface area contributed by atoms with Crippen molar-refractivity contribution in [3.63, 3.8) is 0 Å². The van der Waals surface area contributed by atoms with Crippen LogP contribution < -0.4 is 4.74 Å². The summed E-state index contributed by atoms with van der Waals surface area (Å²) in [4.78, 5) is 0. The number of hydrogen-bond donors (Lipinski definition) is 0. The molecule has 1 aromatic rings. The normalized spacial score (nSPS) is 9.81. The highest BCUT2D eigenvalue weighted by atomic mass is 79.9. The zero-order chi connectivity index (χ0) is 11.8. The van der Waals surface area contributed by atoms with Gasteiger partial charge in [0.1, 0.15) is 12.4 Å². The van der Waals surface area contributed by atoms with Crippen LogP contribution >= 0.6 is 15.9 Å². The molecule has 0 spiro atoms. The lowest BCUT2D eigenvalue weighted by Crippen LogP contribution is -1.97. The SMILES string of the molecule is C=CCOCc1cc(OCC=C)ccc1Br. The van der Waals surface area contributed by atoms with Gasteiger partial charge in [0.05, 0.1) is 13.2 Å². The molecule has 2 nitrogen and oxygen atoms in total. The van der Waals surface area contributed by atoms with E-state index in [0.29, 0.717) is 19.8 Å². The number of benzene rings is 1. The Kier molecular flexibility index (Phi) is 5.90. The highest BCUT2D eigenvalue weighted by Crippen LogP contribution is 2.23. The lowest BCUT2D eigenvalue weighted by Gasteiger charge is -2.08. The van der Waals surface area contributed by atoms with E-state index in [4.69, 9.17) is 9.47 Å². The Bertz CT molecular complexity index is 361.